The van der Waals surface area contributed by atoms with Crippen LogP contribution in [-0.2, 0) is 16.6 Å². The van der Waals surface area contributed by atoms with E-state index in [2.05, 4.69) is 10.1 Å². The van der Waals surface area contributed by atoms with E-state index in [1.54, 1.807) is 24.0 Å². The van der Waals surface area contributed by atoms with Gasteiger partial charge in [-0.2, -0.15) is 9.40 Å². The molecule has 2 aromatic rings. The van der Waals surface area contributed by atoms with Crippen molar-refractivity contribution in [3.8, 4) is 0 Å². The van der Waals surface area contributed by atoms with Crippen LogP contribution in [0.2, 0.25) is 0 Å². The Bertz CT molecular complexity index is 777. The fourth-order valence-electron chi connectivity index (χ4n) is 2.93. The quantitative estimate of drug-likeness (QED) is 0.853. The second-order valence-electron chi connectivity index (χ2n) is 5.92. The van der Waals surface area contributed by atoms with E-state index in [4.69, 9.17) is 0 Å². The lowest BCUT2D eigenvalue weighted by molar-refractivity contribution is 0.239. The summed E-state index contributed by atoms with van der Waals surface area (Å²) in [5.74, 6) is -0.554. The minimum atomic E-state index is -3.81. The first-order valence-corrected chi connectivity index (χ1v) is 8.99. The van der Waals surface area contributed by atoms with Crippen LogP contribution < -0.4 is 0 Å². The molecule has 3 rings (SSSR count). The Kier molecular flexibility index (Phi) is 4.45. The molecule has 6 nitrogen and oxygen atoms in total. The highest BCUT2D eigenvalue weighted by Crippen LogP contribution is 2.26. The van der Waals surface area contributed by atoms with Crippen LogP contribution in [0.25, 0.3) is 0 Å². The number of sulfonamides is 1. The lowest BCUT2D eigenvalue weighted by Gasteiger charge is -2.31. The predicted molar refractivity (Wildman–Crippen MR) is 82.6 cm³/mol. The zero-order valence-electron chi connectivity index (χ0n) is 12.9. The number of aryl methyl sites for hydroxylation is 1. The Morgan fingerprint density at radius 3 is 2.96 bits per heavy atom. The minimum Gasteiger partial charge on any atom is -0.253 e. The van der Waals surface area contributed by atoms with Crippen LogP contribution in [0, 0.1) is 18.7 Å². The Morgan fingerprint density at radius 2 is 2.22 bits per heavy atom. The molecule has 0 aliphatic carbocycles. The summed E-state index contributed by atoms with van der Waals surface area (Å²) >= 11 is 0. The topological polar surface area (TPSA) is 68.1 Å². The highest BCUT2D eigenvalue weighted by molar-refractivity contribution is 7.89. The van der Waals surface area contributed by atoms with Gasteiger partial charge < -0.3 is 0 Å². The zero-order valence-corrected chi connectivity index (χ0v) is 13.7. The second-order valence-corrected chi connectivity index (χ2v) is 7.83. The summed E-state index contributed by atoms with van der Waals surface area (Å²) in [6.07, 6.45) is 4.75. The molecular formula is C15H19FN4O2S. The van der Waals surface area contributed by atoms with Crippen molar-refractivity contribution in [3.05, 3.63) is 42.2 Å². The smallest absolute Gasteiger partial charge is 0.246 e. The maximum absolute atomic E-state index is 14.0. The number of rotatable bonds is 4. The number of nitrogens with zero attached hydrogens (tertiary/aromatic N) is 4. The van der Waals surface area contributed by atoms with Crippen molar-refractivity contribution in [2.75, 3.05) is 13.1 Å². The monoisotopic (exact) mass is 338 g/mol. The van der Waals surface area contributed by atoms with Crippen molar-refractivity contribution >= 4 is 10.0 Å². The van der Waals surface area contributed by atoms with Gasteiger partial charge in [0.1, 0.15) is 23.4 Å². The van der Waals surface area contributed by atoms with Crippen LogP contribution >= 0.6 is 0 Å². The molecule has 23 heavy (non-hydrogen) atoms. The van der Waals surface area contributed by atoms with Gasteiger partial charge in [-0.3, -0.25) is 4.68 Å². The average molecular weight is 338 g/mol. The SMILES string of the molecule is Cc1ccc(F)c(S(=O)(=O)N2CCC[C@@H](Cn3cncn3)C2)c1. The Balaban J connectivity index is 1.80. The van der Waals surface area contributed by atoms with Crippen molar-refractivity contribution in [3.63, 3.8) is 0 Å². The van der Waals surface area contributed by atoms with Gasteiger partial charge >= 0.3 is 0 Å². The number of aromatic nitrogens is 3. The molecule has 1 fully saturated rings. The first kappa shape index (κ1) is 16.1. The first-order valence-electron chi connectivity index (χ1n) is 7.55. The van der Waals surface area contributed by atoms with Gasteiger partial charge in [0, 0.05) is 19.6 Å². The van der Waals surface area contributed by atoms with E-state index in [9.17, 15) is 12.8 Å². The Hall–Kier alpha value is -1.80. The molecule has 0 N–H and O–H groups in total. The first-order chi connectivity index (χ1) is 11.0. The number of hydrogen-bond donors (Lipinski definition) is 0. The van der Waals surface area contributed by atoms with Crippen molar-refractivity contribution < 1.29 is 12.8 Å². The van der Waals surface area contributed by atoms with Crippen LogP contribution in [0.1, 0.15) is 18.4 Å². The Morgan fingerprint density at radius 1 is 1.39 bits per heavy atom. The van der Waals surface area contributed by atoms with E-state index >= 15 is 0 Å². The molecule has 1 aromatic carbocycles. The van der Waals surface area contributed by atoms with Crippen LogP contribution in [0.3, 0.4) is 0 Å². The van der Waals surface area contributed by atoms with Crippen LogP contribution in [0.15, 0.2) is 35.7 Å². The minimum absolute atomic E-state index is 0.146. The molecule has 0 amide bonds. The fourth-order valence-corrected chi connectivity index (χ4v) is 4.64. The van der Waals surface area contributed by atoms with Crippen LogP contribution in [0.5, 0.6) is 0 Å². The van der Waals surface area contributed by atoms with Crippen molar-refractivity contribution in [2.45, 2.75) is 31.2 Å². The molecule has 8 heteroatoms. The molecule has 0 bridgehead atoms. The van der Waals surface area contributed by atoms with E-state index in [1.807, 2.05) is 0 Å². The third-order valence-electron chi connectivity index (χ3n) is 4.10. The summed E-state index contributed by atoms with van der Waals surface area (Å²) in [5.41, 5.74) is 0.723. The molecule has 1 aromatic heterocycles. The number of benzene rings is 1. The van der Waals surface area contributed by atoms with Gasteiger partial charge in [0.2, 0.25) is 10.0 Å². The molecule has 0 spiro atoms. The third-order valence-corrected chi connectivity index (χ3v) is 5.98. The van der Waals surface area contributed by atoms with E-state index in [1.165, 1.54) is 22.8 Å². The van der Waals surface area contributed by atoms with Crippen molar-refractivity contribution in [2.24, 2.45) is 5.92 Å². The van der Waals surface area contributed by atoms with Gasteiger partial charge in [-0.1, -0.05) is 6.07 Å². The molecule has 0 saturated carbocycles. The van der Waals surface area contributed by atoms with Crippen LogP contribution in [0.4, 0.5) is 4.39 Å². The molecule has 1 aliphatic rings. The van der Waals surface area contributed by atoms with Gasteiger partial charge in [0.05, 0.1) is 0 Å². The van der Waals surface area contributed by atoms with Gasteiger partial charge in [0.15, 0.2) is 0 Å². The highest BCUT2D eigenvalue weighted by atomic mass is 32.2. The molecule has 0 unspecified atom stereocenters. The lowest BCUT2D eigenvalue weighted by atomic mass is 10.00. The molecule has 0 radical (unpaired) electrons. The summed E-state index contributed by atoms with van der Waals surface area (Å²) in [7, 11) is -3.81. The summed E-state index contributed by atoms with van der Waals surface area (Å²) in [6, 6.07) is 4.17. The number of hydrogen-bond acceptors (Lipinski definition) is 4. The molecule has 124 valence electrons. The molecule has 2 heterocycles. The molecule has 1 aliphatic heterocycles. The van der Waals surface area contributed by atoms with Gasteiger partial charge in [-0.15, -0.1) is 0 Å². The molecule has 1 atom stereocenters. The van der Waals surface area contributed by atoms with E-state index in [0.29, 0.717) is 19.6 Å². The summed E-state index contributed by atoms with van der Waals surface area (Å²) in [6.45, 7) is 3.16. The predicted octanol–water partition coefficient (Wildman–Crippen LogP) is 1.83. The standard InChI is InChI=1S/C15H19FN4O2S/c1-12-4-5-14(16)15(7-12)23(21,22)20-6-2-3-13(9-20)8-19-11-17-10-18-19/h4-5,7,10-11,13H,2-3,6,8-9H2,1H3/t13-/m0/s1. The Labute approximate surface area is 135 Å². The van der Waals surface area contributed by atoms with E-state index in [0.717, 1.165) is 18.4 Å². The zero-order chi connectivity index (χ0) is 16.4. The van der Waals surface area contributed by atoms with Crippen molar-refractivity contribution in [1.82, 2.24) is 19.1 Å². The fraction of sp³-hybridized carbons (Fsp3) is 0.467. The maximum atomic E-state index is 14.0. The molecule has 1 saturated heterocycles. The van der Waals surface area contributed by atoms with E-state index < -0.39 is 15.8 Å². The van der Waals surface area contributed by atoms with Gasteiger partial charge in [-0.25, -0.2) is 17.8 Å². The normalized spacial score (nSPS) is 19.8. The van der Waals surface area contributed by atoms with E-state index in [-0.39, 0.29) is 10.8 Å². The number of halogens is 1. The average Bonchev–Trinajstić information content (AvgIpc) is 3.03. The highest BCUT2D eigenvalue weighted by Gasteiger charge is 2.32. The largest absolute Gasteiger partial charge is 0.253 e. The lowest BCUT2D eigenvalue weighted by Crippen LogP contribution is -2.41. The third kappa shape index (κ3) is 3.42. The van der Waals surface area contributed by atoms with Crippen molar-refractivity contribution in [1.29, 1.82) is 0 Å². The molecular weight excluding hydrogens is 319 g/mol. The summed E-state index contributed by atoms with van der Waals surface area (Å²) in [5, 5.41) is 4.06. The summed E-state index contributed by atoms with van der Waals surface area (Å²) < 4.78 is 42.6. The van der Waals surface area contributed by atoms with Crippen LogP contribution in [-0.4, -0.2) is 40.6 Å². The second kappa shape index (κ2) is 6.37. The maximum Gasteiger partial charge on any atom is 0.246 e. The summed E-state index contributed by atoms with van der Waals surface area (Å²) in [4.78, 5) is 3.66. The van der Waals surface area contributed by atoms with Gasteiger partial charge in [0.25, 0.3) is 0 Å². The number of piperidine rings is 1. The van der Waals surface area contributed by atoms with Gasteiger partial charge in [-0.05, 0) is 43.4 Å².